The molecule has 0 aromatic carbocycles. The van der Waals surface area contributed by atoms with Crippen LogP contribution in [0.4, 0.5) is 5.82 Å². The Morgan fingerprint density at radius 1 is 1.31 bits per heavy atom. The summed E-state index contributed by atoms with van der Waals surface area (Å²) in [7, 11) is 0. The molecule has 1 aromatic heterocycles. The molecule has 0 saturated heterocycles. The quantitative estimate of drug-likeness (QED) is 0.752. The van der Waals surface area contributed by atoms with Crippen molar-refractivity contribution < 1.29 is 14.7 Å². The number of carbonyl (C=O) groups is 2. The van der Waals surface area contributed by atoms with Gasteiger partial charge in [-0.3, -0.25) is 4.79 Å². The summed E-state index contributed by atoms with van der Waals surface area (Å²) in [6.45, 7) is 3.70. The molecular weight excluding hydrogens is 208 g/mol. The molecule has 84 valence electrons. The minimum Gasteiger partial charge on any atom is -0.478 e. The molecule has 0 aliphatic carbocycles. The Labute approximate surface area is 92.8 Å². The molecule has 0 unspecified atom stereocenters. The first-order chi connectivity index (χ1) is 7.47. The van der Waals surface area contributed by atoms with Crippen LogP contribution in [0.1, 0.15) is 11.3 Å². The number of carboxylic acid groups (broad SMARTS) is 1. The van der Waals surface area contributed by atoms with Gasteiger partial charge < -0.3 is 10.4 Å². The van der Waals surface area contributed by atoms with E-state index >= 15 is 0 Å². The number of rotatable bonds is 3. The van der Waals surface area contributed by atoms with E-state index in [9.17, 15) is 9.59 Å². The van der Waals surface area contributed by atoms with Crippen molar-refractivity contribution in [1.29, 1.82) is 0 Å². The minimum atomic E-state index is -1.16. The van der Waals surface area contributed by atoms with Crippen LogP contribution in [0.3, 0.4) is 0 Å². The zero-order valence-electron chi connectivity index (χ0n) is 9.02. The van der Waals surface area contributed by atoms with E-state index in [1.807, 2.05) is 19.9 Å². The normalized spacial score (nSPS) is 10.4. The first-order valence-electron chi connectivity index (χ1n) is 4.64. The summed E-state index contributed by atoms with van der Waals surface area (Å²) < 4.78 is 0. The molecule has 0 bridgehead atoms. The Hall–Kier alpha value is -2.17. The van der Waals surface area contributed by atoms with Gasteiger partial charge in [0.25, 0.3) is 0 Å². The number of aryl methyl sites for hydroxylation is 2. The van der Waals surface area contributed by atoms with Crippen LogP contribution in [-0.4, -0.2) is 22.0 Å². The summed E-state index contributed by atoms with van der Waals surface area (Å²) in [6.07, 6.45) is 1.72. The third-order valence-corrected chi connectivity index (χ3v) is 1.73. The summed E-state index contributed by atoms with van der Waals surface area (Å²) in [6, 6.07) is 3.59. The van der Waals surface area contributed by atoms with Crippen molar-refractivity contribution in [3.8, 4) is 0 Å². The summed E-state index contributed by atoms with van der Waals surface area (Å²) in [5.74, 6) is -1.26. The Morgan fingerprint density at radius 3 is 2.56 bits per heavy atom. The summed E-state index contributed by atoms with van der Waals surface area (Å²) in [5, 5.41) is 10.8. The predicted molar refractivity (Wildman–Crippen MR) is 59.1 cm³/mol. The number of carboxylic acids is 1. The number of hydrogen-bond acceptors (Lipinski definition) is 3. The second-order valence-electron chi connectivity index (χ2n) is 3.33. The number of aromatic nitrogens is 1. The van der Waals surface area contributed by atoms with E-state index in [-0.39, 0.29) is 0 Å². The van der Waals surface area contributed by atoms with Crippen LogP contribution < -0.4 is 5.32 Å². The van der Waals surface area contributed by atoms with Crippen molar-refractivity contribution in [2.24, 2.45) is 0 Å². The van der Waals surface area contributed by atoms with Gasteiger partial charge in [-0.25, -0.2) is 9.78 Å². The Bertz CT molecular complexity index is 432. The summed E-state index contributed by atoms with van der Waals surface area (Å²) in [5.41, 5.74) is 1.77. The number of hydrogen-bond donors (Lipinski definition) is 2. The zero-order chi connectivity index (χ0) is 12.1. The first kappa shape index (κ1) is 11.9. The van der Waals surface area contributed by atoms with Crippen LogP contribution in [0.2, 0.25) is 0 Å². The molecule has 0 aliphatic heterocycles. The first-order valence-corrected chi connectivity index (χ1v) is 4.64. The maximum atomic E-state index is 11.2. The van der Waals surface area contributed by atoms with E-state index < -0.39 is 11.9 Å². The number of nitrogens with one attached hydrogen (secondary N) is 1. The summed E-state index contributed by atoms with van der Waals surface area (Å²) >= 11 is 0. The lowest BCUT2D eigenvalue weighted by Crippen LogP contribution is -2.10. The van der Waals surface area contributed by atoms with E-state index in [0.717, 1.165) is 23.4 Å². The van der Waals surface area contributed by atoms with Gasteiger partial charge in [-0.1, -0.05) is 0 Å². The van der Waals surface area contributed by atoms with E-state index in [2.05, 4.69) is 10.3 Å². The van der Waals surface area contributed by atoms with Crippen molar-refractivity contribution in [2.45, 2.75) is 13.8 Å². The Balaban J connectivity index is 2.73. The van der Waals surface area contributed by atoms with Gasteiger partial charge in [0.05, 0.1) is 0 Å². The zero-order valence-corrected chi connectivity index (χ0v) is 9.02. The van der Waals surface area contributed by atoms with Crippen LogP contribution in [0.5, 0.6) is 0 Å². The standard InChI is InChI=1S/C11H12N2O3/c1-7-5-8(2)12-9(6-7)13-10(14)3-4-11(15)16/h3-6H,1-2H3,(H,15,16)(H,12,13,14)/b4-3+. The van der Waals surface area contributed by atoms with Gasteiger partial charge in [-0.2, -0.15) is 0 Å². The predicted octanol–water partition coefficient (Wildman–Crippen LogP) is 1.28. The highest BCUT2D eigenvalue weighted by atomic mass is 16.4. The molecular formula is C11H12N2O3. The molecule has 2 N–H and O–H groups in total. The van der Waals surface area contributed by atoms with Gasteiger partial charge in [0.1, 0.15) is 5.82 Å². The van der Waals surface area contributed by atoms with E-state index in [4.69, 9.17) is 5.11 Å². The molecule has 0 fully saturated rings. The molecule has 0 aliphatic rings. The SMILES string of the molecule is Cc1cc(C)nc(NC(=O)/C=C/C(=O)O)c1. The molecule has 1 amide bonds. The van der Waals surface area contributed by atoms with Gasteiger partial charge in [0.15, 0.2) is 0 Å². The van der Waals surface area contributed by atoms with Crippen LogP contribution >= 0.6 is 0 Å². The van der Waals surface area contributed by atoms with Gasteiger partial charge in [0, 0.05) is 17.8 Å². The van der Waals surface area contributed by atoms with Crippen LogP contribution in [0.25, 0.3) is 0 Å². The number of anilines is 1. The number of pyridine rings is 1. The van der Waals surface area contributed by atoms with Crippen molar-refractivity contribution in [2.75, 3.05) is 5.32 Å². The smallest absolute Gasteiger partial charge is 0.328 e. The fourth-order valence-corrected chi connectivity index (χ4v) is 1.22. The van der Waals surface area contributed by atoms with E-state index in [1.54, 1.807) is 6.07 Å². The Morgan fingerprint density at radius 2 is 2.00 bits per heavy atom. The third-order valence-electron chi connectivity index (χ3n) is 1.73. The highest BCUT2D eigenvalue weighted by molar-refractivity contribution is 6.01. The molecule has 5 nitrogen and oxygen atoms in total. The third kappa shape index (κ3) is 3.91. The van der Waals surface area contributed by atoms with Crippen LogP contribution in [-0.2, 0) is 9.59 Å². The van der Waals surface area contributed by atoms with Crippen molar-refractivity contribution in [1.82, 2.24) is 4.98 Å². The van der Waals surface area contributed by atoms with Gasteiger partial charge in [-0.15, -0.1) is 0 Å². The fourth-order valence-electron chi connectivity index (χ4n) is 1.22. The average molecular weight is 220 g/mol. The number of carbonyl (C=O) groups excluding carboxylic acids is 1. The second-order valence-corrected chi connectivity index (χ2v) is 3.33. The molecule has 5 heteroatoms. The maximum absolute atomic E-state index is 11.2. The van der Waals surface area contributed by atoms with Crippen molar-refractivity contribution >= 4 is 17.7 Å². The number of nitrogens with zero attached hydrogens (tertiary/aromatic N) is 1. The highest BCUT2D eigenvalue weighted by Gasteiger charge is 2.01. The topological polar surface area (TPSA) is 79.3 Å². The highest BCUT2D eigenvalue weighted by Crippen LogP contribution is 2.08. The van der Waals surface area contributed by atoms with Crippen LogP contribution in [0, 0.1) is 13.8 Å². The molecule has 1 heterocycles. The molecule has 0 saturated carbocycles. The lowest BCUT2D eigenvalue weighted by atomic mass is 10.2. The summed E-state index contributed by atoms with van der Waals surface area (Å²) in [4.78, 5) is 25.5. The number of amides is 1. The molecule has 1 aromatic rings. The van der Waals surface area contributed by atoms with Crippen molar-refractivity contribution in [3.05, 3.63) is 35.5 Å². The van der Waals surface area contributed by atoms with E-state index in [1.165, 1.54) is 0 Å². The maximum Gasteiger partial charge on any atom is 0.328 e. The average Bonchev–Trinajstić information content (AvgIpc) is 2.12. The van der Waals surface area contributed by atoms with Gasteiger partial charge >= 0.3 is 5.97 Å². The minimum absolute atomic E-state index is 0.414. The largest absolute Gasteiger partial charge is 0.478 e. The fraction of sp³-hybridized carbons (Fsp3) is 0.182. The molecule has 0 spiro atoms. The van der Waals surface area contributed by atoms with E-state index in [0.29, 0.717) is 5.82 Å². The van der Waals surface area contributed by atoms with Crippen molar-refractivity contribution in [3.63, 3.8) is 0 Å². The lowest BCUT2D eigenvalue weighted by molar-refractivity contribution is -0.131. The molecule has 0 radical (unpaired) electrons. The second kappa shape index (κ2) is 5.06. The molecule has 16 heavy (non-hydrogen) atoms. The molecule has 1 rings (SSSR count). The van der Waals surface area contributed by atoms with Gasteiger partial charge in [0.2, 0.25) is 5.91 Å². The molecule has 0 atom stereocenters. The Kier molecular flexibility index (Phi) is 3.77. The lowest BCUT2D eigenvalue weighted by Gasteiger charge is -2.03. The monoisotopic (exact) mass is 220 g/mol. The van der Waals surface area contributed by atoms with Crippen LogP contribution in [0.15, 0.2) is 24.3 Å². The van der Waals surface area contributed by atoms with Gasteiger partial charge in [-0.05, 0) is 31.5 Å². The number of aliphatic carboxylic acids is 1.